The first-order chi connectivity index (χ1) is 27.5. The van der Waals surface area contributed by atoms with Crippen molar-refractivity contribution in [3.8, 4) is 0 Å². The van der Waals surface area contributed by atoms with Crippen molar-refractivity contribution in [2.24, 2.45) is 0 Å². The number of hydrogen-bond donors (Lipinski definition) is 2. The predicted molar refractivity (Wildman–Crippen MR) is 242 cm³/mol. The van der Waals surface area contributed by atoms with E-state index < -0.39 is 20.0 Å². The number of unbranched alkanes of at least 4 members (excludes halogenated alkanes) is 26. The van der Waals surface area contributed by atoms with Crippen LogP contribution in [0.5, 0.6) is 0 Å². The van der Waals surface area contributed by atoms with Crippen LogP contribution in [0.25, 0.3) is 0 Å². The molecule has 0 aliphatic heterocycles. The van der Waals surface area contributed by atoms with Crippen molar-refractivity contribution in [1.82, 2.24) is 5.32 Å². The maximum Gasteiger partial charge on any atom is 0.268 e. The van der Waals surface area contributed by atoms with Crippen LogP contribution in [0.4, 0.5) is 0 Å². The number of likely N-dealkylation sites (N-methyl/N-ethyl adjacent to an activating group) is 1. The number of carbonyl (C=O) groups is 1. The number of phosphoric acid groups is 1. The molecule has 3 atom stereocenters. The molecule has 3 unspecified atom stereocenters. The zero-order valence-corrected chi connectivity index (χ0v) is 38.9. The van der Waals surface area contributed by atoms with Gasteiger partial charge in [-0.3, -0.25) is 9.36 Å². The minimum Gasteiger partial charge on any atom is -0.756 e. The van der Waals surface area contributed by atoms with Crippen LogP contribution >= 0.6 is 7.82 Å². The molecular weight excluding hydrogens is 732 g/mol. The van der Waals surface area contributed by atoms with Crippen LogP contribution < -0.4 is 10.2 Å². The van der Waals surface area contributed by atoms with Crippen LogP contribution in [-0.4, -0.2) is 68.5 Å². The molecule has 0 aliphatic rings. The summed E-state index contributed by atoms with van der Waals surface area (Å²) in [4.78, 5) is 25.3. The number of aliphatic hydroxyl groups is 1. The lowest BCUT2D eigenvalue weighted by atomic mass is 10.0. The van der Waals surface area contributed by atoms with E-state index in [0.29, 0.717) is 17.4 Å². The lowest BCUT2D eigenvalue weighted by molar-refractivity contribution is -0.870. The fourth-order valence-electron chi connectivity index (χ4n) is 6.76. The number of phosphoric ester groups is 1. The monoisotopic (exact) mass is 825 g/mol. The molecule has 0 spiro atoms. The van der Waals surface area contributed by atoms with Gasteiger partial charge in [-0.2, -0.15) is 0 Å². The number of hydrogen-bond acceptors (Lipinski definition) is 6. The quantitative estimate of drug-likeness (QED) is 0.0274. The molecular formula is C48H93N2O6P. The van der Waals surface area contributed by atoms with Gasteiger partial charge < -0.3 is 28.8 Å². The molecule has 2 N–H and O–H groups in total. The molecule has 0 aromatic carbocycles. The van der Waals surface area contributed by atoms with Gasteiger partial charge in [0.25, 0.3) is 7.82 Å². The zero-order valence-electron chi connectivity index (χ0n) is 38.0. The Morgan fingerprint density at radius 2 is 1.04 bits per heavy atom. The van der Waals surface area contributed by atoms with Crippen molar-refractivity contribution >= 4 is 13.7 Å². The molecule has 1 amide bonds. The molecule has 9 heteroatoms. The van der Waals surface area contributed by atoms with Gasteiger partial charge in [-0.15, -0.1) is 0 Å². The minimum atomic E-state index is -4.59. The van der Waals surface area contributed by atoms with Crippen molar-refractivity contribution in [2.45, 2.75) is 225 Å². The Kier molecular flexibility index (Phi) is 39.2. The summed E-state index contributed by atoms with van der Waals surface area (Å²) in [6, 6.07) is -0.892. The van der Waals surface area contributed by atoms with Crippen molar-refractivity contribution in [3.63, 3.8) is 0 Å². The molecule has 0 heterocycles. The summed E-state index contributed by atoms with van der Waals surface area (Å²) in [7, 11) is 1.25. The summed E-state index contributed by atoms with van der Waals surface area (Å²) in [6.07, 6.45) is 49.1. The molecule has 0 radical (unpaired) electrons. The van der Waals surface area contributed by atoms with Crippen molar-refractivity contribution < 1.29 is 32.9 Å². The molecule has 0 saturated heterocycles. The van der Waals surface area contributed by atoms with Gasteiger partial charge in [0.05, 0.1) is 39.9 Å². The highest BCUT2D eigenvalue weighted by Crippen LogP contribution is 2.38. The summed E-state index contributed by atoms with van der Waals surface area (Å²) in [6.45, 7) is 4.60. The second kappa shape index (κ2) is 40.1. The van der Waals surface area contributed by atoms with Gasteiger partial charge in [-0.05, 0) is 44.9 Å². The van der Waals surface area contributed by atoms with Crippen LogP contribution in [0.15, 0.2) is 36.5 Å². The third kappa shape index (κ3) is 42.6. The second-order valence-corrected chi connectivity index (χ2v) is 18.9. The first-order valence-corrected chi connectivity index (χ1v) is 25.3. The van der Waals surface area contributed by atoms with E-state index in [0.717, 1.165) is 64.2 Å². The van der Waals surface area contributed by atoms with Crippen LogP contribution in [0.3, 0.4) is 0 Å². The van der Waals surface area contributed by atoms with Crippen molar-refractivity contribution in [2.75, 3.05) is 40.9 Å². The van der Waals surface area contributed by atoms with Crippen LogP contribution in [0, 0.1) is 0 Å². The highest BCUT2D eigenvalue weighted by Gasteiger charge is 2.23. The zero-order chi connectivity index (χ0) is 42.1. The number of amides is 1. The number of nitrogens with one attached hydrogen (secondary N) is 1. The van der Waals surface area contributed by atoms with Crippen LogP contribution in [0.2, 0.25) is 0 Å². The number of aliphatic hydroxyl groups excluding tert-OH is 1. The lowest BCUT2D eigenvalue weighted by Gasteiger charge is -2.29. The van der Waals surface area contributed by atoms with E-state index in [1.54, 1.807) is 6.08 Å². The smallest absolute Gasteiger partial charge is 0.268 e. The highest BCUT2D eigenvalue weighted by atomic mass is 31.2. The first kappa shape index (κ1) is 55.7. The summed E-state index contributed by atoms with van der Waals surface area (Å²) < 4.78 is 23.2. The van der Waals surface area contributed by atoms with Crippen molar-refractivity contribution in [1.29, 1.82) is 0 Å². The normalized spacial score (nSPS) is 14.6. The number of nitrogens with zero attached hydrogens (tertiary/aromatic N) is 1. The molecule has 0 rings (SSSR count). The van der Waals surface area contributed by atoms with Gasteiger partial charge in [0, 0.05) is 6.42 Å². The average molecular weight is 825 g/mol. The molecule has 0 fully saturated rings. The van der Waals surface area contributed by atoms with E-state index in [1.807, 2.05) is 27.2 Å². The Balaban J connectivity index is 4.36. The topological polar surface area (TPSA) is 108 Å². The average Bonchev–Trinajstić information content (AvgIpc) is 3.16. The minimum absolute atomic E-state index is 0.00401. The van der Waals surface area contributed by atoms with Crippen molar-refractivity contribution in [3.05, 3.63) is 36.5 Å². The third-order valence-electron chi connectivity index (χ3n) is 10.6. The van der Waals surface area contributed by atoms with Gasteiger partial charge in [-0.1, -0.05) is 198 Å². The number of rotatable bonds is 43. The SMILES string of the molecule is CCCC/C=C\C/C=C\CCCCCCCC(=O)NC(COP(=O)([O-])OCC[N+](C)(C)C)C(O)/C=C/CCCCCCCCCCCCCCCCCCCCC. The van der Waals surface area contributed by atoms with E-state index in [2.05, 4.69) is 43.5 Å². The summed E-state index contributed by atoms with van der Waals surface area (Å²) in [5.41, 5.74) is 0. The van der Waals surface area contributed by atoms with Gasteiger partial charge in [0.1, 0.15) is 13.2 Å². The van der Waals surface area contributed by atoms with Gasteiger partial charge >= 0.3 is 0 Å². The molecule has 0 bridgehead atoms. The standard InChI is InChI=1S/C48H93N2O6P/c1-6-8-10-12-14-16-18-20-22-23-24-25-26-27-28-29-31-33-35-37-39-41-47(51)46(45-56-57(53,54)55-44-43-50(3,4)5)49-48(52)42-40-38-36-34-32-30-21-19-17-15-13-11-9-7-2/h13,15,19,21,39,41,46-47,51H,6-12,14,16-18,20,22-38,40,42-45H2,1-5H3,(H-,49,52,53,54)/b15-13-,21-19-,41-39+. The van der Waals surface area contributed by atoms with E-state index in [4.69, 9.17) is 9.05 Å². The number of quaternary nitrogens is 1. The number of carbonyl (C=O) groups excluding carboxylic acids is 1. The molecule has 0 aromatic heterocycles. The lowest BCUT2D eigenvalue weighted by Crippen LogP contribution is -2.45. The Morgan fingerprint density at radius 1 is 0.614 bits per heavy atom. The Labute approximate surface area is 353 Å². The van der Waals surface area contributed by atoms with E-state index >= 15 is 0 Å². The third-order valence-corrected chi connectivity index (χ3v) is 11.6. The van der Waals surface area contributed by atoms with Gasteiger partial charge in [0.15, 0.2) is 0 Å². The maximum absolute atomic E-state index is 12.9. The molecule has 0 aliphatic carbocycles. The summed E-state index contributed by atoms with van der Waals surface area (Å²) in [5, 5.41) is 13.8. The Morgan fingerprint density at radius 3 is 1.51 bits per heavy atom. The van der Waals surface area contributed by atoms with Crippen LogP contribution in [-0.2, 0) is 18.4 Å². The van der Waals surface area contributed by atoms with E-state index in [9.17, 15) is 19.4 Å². The Bertz CT molecular complexity index is 1030. The van der Waals surface area contributed by atoms with E-state index in [-0.39, 0.29) is 19.1 Å². The fourth-order valence-corrected chi connectivity index (χ4v) is 7.48. The van der Waals surface area contributed by atoms with Gasteiger partial charge in [-0.25, -0.2) is 0 Å². The Hall–Kier alpha value is -1.28. The molecule has 0 saturated carbocycles. The fraction of sp³-hybridized carbons (Fsp3) is 0.854. The molecule has 0 aromatic rings. The molecule has 8 nitrogen and oxygen atoms in total. The second-order valence-electron chi connectivity index (χ2n) is 17.5. The summed E-state index contributed by atoms with van der Waals surface area (Å²) >= 11 is 0. The molecule has 57 heavy (non-hydrogen) atoms. The summed E-state index contributed by atoms with van der Waals surface area (Å²) in [5.74, 6) is -0.212. The maximum atomic E-state index is 12.9. The predicted octanol–water partition coefficient (Wildman–Crippen LogP) is 12.8. The highest BCUT2D eigenvalue weighted by molar-refractivity contribution is 7.45. The van der Waals surface area contributed by atoms with E-state index in [1.165, 1.54) is 128 Å². The van der Waals surface area contributed by atoms with Gasteiger partial charge in [0.2, 0.25) is 5.91 Å². The van der Waals surface area contributed by atoms with Crippen LogP contribution in [0.1, 0.15) is 213 Å². The first-order valence-electron chi connectivity index (χ1n) is 23.9. The number of allylic oxidation sites excluding steroid dienone is 5. The largest absolute Gasteiger partial charge is 0.756 e. The molecule has 336 valence electrons.